The molecule has 1 aromatic heterocycles. The minimum absolute atomic E-state index is 0.0217. The Balaban J connectivity index is 1.15. The third-order valence-electron chi connectivity index (χ3n) is 5.23. The van der Waals surface area contributed by atoms with Crippen LogP contribution >= 0.6 is 11.3 Å². The number of para-hydroxylation sites is 2. The molecule has 0 spiro atoms. The number of piperazine rings is 1. The zero-order valence-corrected chi connectivity index (χ0v) is 17.1. The second kappa shape index (κ2) is 9.33. The van der Waals surface area contributed by atoms with Crippen molar-refractivity contribution in [3.8, 4) is 0 Å². The van der Waals surface area contributed by atoms with Crippen LogP contribution in [-0.4, -0.2) is 48.5 Å². The van der Waals surface area contributed by atoms with Crippen molar-refractivity contribution in [2.75, 3.05) is 42.9 Å². The van der Waals surface area contributed by atoms with E-state index in [0.717, 1.165) is 55.8 Å². The van der Waals surface area contributed by atoms with Gasteiger partial charge in [0.25, 0.3) is 0 Å². The molecular formula is C22H25FN4OS. The maximum absolute atomic E-state index is 13.9. The van der Waals surface area contributed by atoms with E-state index < -0.39 is 0 Å². The van der Waals surface area contributed by atoms with Gasteiger partial charge >= 0.3 is 0 Å². The van der Waals surface area contributed by atoms with Gasteiger partial charge in [-0.2, -0.15) is 0 Å². The van der Waals surface area contributed by atoms with Crippen LogP contribution in [-0.2, 0) is 4.79 Å². The molecule has 0 saturated carbocycles. The number of hydrogen-bond acceptors (Lipinski definition) is 5. The molecule has 3 aromatic rings. The Kier molecular flexibility index (Phi) is 6.36. The van der Waals surface area contributed by atoms with Crippen molar-refractivity contribution in [3.05, 3.63) is 54.3 Å². The molecule has 1 saturated heterocycles. The maximum atomic E-state index is 13.9. The first kappa shape index (κ1) is 19.8. The molecule has 0 bridgehead atoms. The summed E-state index contributed by atoms with van der Waals surface area (Å²) >= 11 is 1.50. The number of benzene rings is 2. The first-order valence-electron chi connectivity index (χ1n) is 10.1. The van der Waals surface area contributed by atoms with Gasteiger partial charge in [0.1, 0.15) is 5.82 Å². The smallest absolute Gasteiger partial charge is 0.226 e. The van der Waals surface area contributed by atoms with Crippen LogP contribution < -0.4 is 10.2 Å². The number of fused-ring (bicyclic) bond motifs is 1. The highest BCUT2D eigenvalue weighted by Gasteiger charge is 2.18. The topological polar surface area (TPSA) is 48.5 Å². The summed E-state index contributed by atoms with van der Waals surface area (Å²) < 4.78 is 15.0. The Bertz CT molecular complexity index is 935. The first-order valence-corrected chi connectivity index (χ1v) is 10.9. The van der Waals surface area contributed by atoms with Crippen molar-refractivity contribution in [2.45, 2.75) is 19.3 Å². The number of unbranched alkanes of at least 4 members (excludes halogenated alkanes) is 1. The van der Waals surface area contributed by atoms with Crippen molar-refractivity contribution in [3.63, 3.8) is 0 Å². The second-order valence-electron chi connectivity index (χ2n) is 7.27. The van der Waals surface area contributed by atoms with E-state index in [1.165, 1.54) is 17.4 Å². The van der Waals surface area contributed by atoms with Gasteiger partial charge in [0, 0.05) is 32.6 Å². The van der Waals surface area contributed by atoms with E-state index in [4.69, 9.17) is 0 Å². The number of nitrogens with one attached hydrogen (secondary N) is 1. The normalized spacial score (nSPS) is 15.0. The number of hydrogen-bond donors (Lipinski definition) is 1. The van der Waals surface area contributed by atoms with Gasteiger partial charge in [0.15, 0.2) is 5.13 Å². The summed E-state index contributed by atoms with van der Waals surface area (Å²) in [6.07, 6.45) is 2.34. The van der Waals surface area contributed by atoms with Crippen molar-refractivity contribution in [1.82, 2.24) is 9.88 Å². The van der Waals surface area contributed by atoms with Crippen LogP contribution in [0.15, 0.2) is 48.5 Å². The SMILES string of the molecule is O=C(CCCCN1CCN(c2ccccc2F)CC1)Nc1nc2ccccc2s1. The first-order chi connectivity index (χ1) is 14.2. The maximum Gasteiger partial charge on any atom is 0.226 e. The molecule has 29 heavy (non-hydrogen) atoms. The predicted octanol–water partition coefficient (Wildman–Crippen LogP) is 4.37. The summed E-state index contributed by atoms with van der Waals surface area (Å²) in [6.45, 7) is 4.48. The van der Waals surface area contributed by atoms with Crippen LogP contribution in [0, 0.1) is 5.82 Å². The van der Waals surface area contributed by atoms with Crippen LogP contribution in [0.25, 0.3) is 10.2 Å². The fourth-order valence-electron chi connectivity index (χ4n) is 3.65. The predicted molar refractivity (Wildman–Crippen MR) is 117 cm³/mol. The van der Waals surface area contributed by atoms with E-state index in [1.807, 2.05) is 36.4 Å². The number of thiazole rings is 1. The van der Waals surface area contributed by atoms with E-state index >= 15 is 0 Å². The lowest BCUT2D eigenvalue weighted by Gasteiger charge is -2.36. The number of aromatic nitrogens is 1. The average molecular weight is 413 g/mol. The standard InChI is InChI=1S/C22H25FN4OS/c23-17-7-1-3-9-19(17)27-15-13-26(14-16-27)12-6-5-11-21(28)25-22-24-18-8-2-4-10-20(18)29-22/h1-4,7-10H,5-6,11-16H2,(H,24,25,28). The molecule has 4 rings (SSSR count). The zero-order valence-electron chi connectivity index (χ0n) is 16.3. The third kappa shape index (κ3) is 5.10. The summed E-state index contributed by atoms with van der Waals surface area (Å²) in [6, 6.07) is 14.8. The molecule has 2 heterocycles. The van der Waals surface area contributed by atoms with Crippen LogP contribution in [0.3, 0.4) is 0 Å². The molecule has 7 heteroatoms. The number of halogens is 1. The number of anilines is 2. The summed E-state index contributed by atoms with van der Waals surface area (Å²) in [5, 5.41) is 3.58. The lowest BCUT2D eigenvalue weighted by atomic mass is 10.2. The van der Waals surface area contributed by atoms with Gasteiger partial charge in [-0.3, -0.25) is 9.69 Å². The Morgan fingerprint density at radius 2 is 1.79 bits per heavy atom. The molecule has 0 atom stereocenters. The monoisotopic (exact) mass is 412 g/mol. The Hall–Kier alpha value is -2.51. The van der Waals surface area contributed by atoms with Crippen molar-refractivity contribution in [2.24, 2.45) is 0 Å². The zero-order chi connectivity index (χ0) is 20.1. The lowest BCUT2D eigenvalue weighted by molar-refractivity contribution is -0.116. The Morgan fingerprint density at radius 1 is 1.03 bits per heavy atom. The molecule has 1 aliphatic rings. The molecular weight excluding hydrogens is 387 g/mol. The van der Waals surface area contributed by atoms with Gasteiger partial charge in [-0.25, -0.2) is 9.37 Å². The van der Waals surface area contributed by atoms with E-state index in [-0.39, 0.29) is 11.7 Å². The number of nitrogens with zero attached hydrogens (tertiary/aromatic N) is 3. The molecule has 0 unspecified atom stereocenters. The Morgan fingerprint density at radius 3 is 2.59 bits per heavy atom. The van der Waals surface area contributed by atoms with Crippen molar-refractivity contribution in [1.29, 1.82) is 0 Å². The van der Waals surface area contributed by atoms with E-state index in [2.05, 4.69) is 20.1 Å². The largest absolute Gasteiger partial charge is 0.367 e. The fourth-order valence-corrected chi connectivity index (χ4v) is 4.53. The molecule has 5 nitrogen and oxygen atoms in total. The van der Waals surface area contributed by atoms with Crippen LogP contribution in [0.4, 0.5) is 15.2 Å². The highest BCUT2D eigenvalue weighted by atomic mass is 32.1. The van der Waals surface area contributed by atoms with Gasteiger partial charge < -0.3 is 10.2 Å². The highest BCUT2D eigenvalue weighted by Crippen LogP contribution is 2.25. The molecule has 1 aliphatic heterocycles. The van der Waals surface area contributed by atoms with Crippen LogP contribution in [0.1, 0.15) is 19.3 Å². The Labute approximate surface area is 174 Å². The molecule has 1 N–H and O–H groups in total. The van der Waals surface area contributed by atoms with Gasteiger partial charge in [-0.05, 0) is 43.7 Å². The second-order valence-corrected chi connectivity index (χ2v) is 8.30. The summed E-state index contributed by atoms with van der Waals surface area (Å²) in [5.41, 5.74) is 1.61. The molecule has 2 aromatic carbocycles. The molecule has 1 amide bonds. The number of amides is 1. The fraction of sp³-hybridized carbons (Fsp3) is 0.364. The van der Waals surface area contributed by atoms with E-state index in [1.54, 1.807) is 6.07 Å². The molecule has 0 radical (unpaired) electrons. The minimum Gasteiger partial charge on any atom is -0.367 e. The molecule has 1 fully saturated rings. The van der Waals surface area contributed by atoms with Crippen LogP contribution in [0.2, 0.25) is 0 Å². The van der Waals surface area contributed by atoms with Crippen LogP contribution in [0.5, 0.6) is 0 Å². The summed E-state index contributed by atoms with van der Waals surface area (Å²) in [7, 11) is 0. The quantitative estimate of drug-likeness (QED) is 0.586. The van der Waals surface area contributed by atoms with Gasteiger partial charge in [0.2, 0.25) is 5.91 Å². The van der Waals surface area contributed by atoms with Gasteiger partial charge in [0.05, 0.1) is 15.9 Å². The van der Waals surface area contributed by atoms with E-state index in [9.17, 15) is 9.18 Å². The summed E-state index contributed by atoms with van der Waals surface area (Å²) in [4.78, 5) is 21.1. The van der Waals surface area contributed by atoms with Crippen molar-refractivity contribution >= 4 is 38.3 Å². The highest BCUT2D eigenvalue weighted by molar-refractivity contribution is 7.22. The minimum atomic E-state index is -0.153. The number of carbonyl (C=O) groups excluding carboxylic acids is 1. The molecule has 152 valence electrons. The third-order valence-corrected chi connectivity index (χ3v) is 6.19. The van der Waals surface area contributed by atoms with Gasteiger partial charge in [-0.15, -0.1) is 0 Å². The average Bonchev–Trinajstić information content (AvgIpc) is 3.14. The number of rotatable bonds is 7. The lowest BCUT2D eigenvalue weighted by Crippen LogP contribution is -2.46. The molecule has 0 aliphatic carbocycles. The van der Waals surface area contributed by atoms with Crippen molar-refractivity contribution < 1.29 is 9.18 Å². The van der Waals surface area contributed by atoms with Gasteiger partial charge in [-0.1, -0.05) is 35.6 Å². The number of carbonyl (C=O) groups is 1. The summed E-state index contributed by atoms with van der Waals surface area (Å²) in [5.74, 6) is -0.131. The van der Waals surface area contributed by atoms with E-state index in [0.29, 0.717) is 17.2 Å².